The van der Waals surface area contributed by atoms with Crippen LogP contribution in [0.1, 0.15) is 5.69 Å². The molecule has 0 bridgehead atoms. The first-order chi connectivity index (χ1) is 7.34. The molecule has 3 rings (SSSR count). The van der Waals surface area contributed by atoms with Gasteiger partial charge in [0.25, 0.3) is 0 Å². The van der Waals surface area contributed by atoms with Gasteiger partial charge in [-0.1, -0.05) is 0 Å². The normalized spacial score (nSPS) is 11.0. The van der Waals surface area contributed by atoms with Crippen molar-refractivity contribution >= 4 is 21.9 Å². The first-order valence-electron chi connectivity index (χ1n) is 4.82. The zero-order valence-electron chi connectivity index (χ0n) is 8.31. The molecule has 0 amide bonds. The van der Waals surface area contributed by atoms with Crippen molar-refractivity contribution in [3.8, 4) is 0 Å². The molecule has 3 nitrogen and oxygen atoms in total. The highest BCUT2D eigenvalue weighted by atomic mass is 14.8. The molecule has 0 aliphatic heterocycles. The van der Waals surface area contributed by atoms with Gasteiger partial charge >= 0.3 is 0 Å². The van der Waals surface area contributed by atoms with Crippen molar-refractivity contribution in [2.45, 2.75) is 6.92 Å². The zero-order valence-corrected chi connectivity index (χ0v) is 8.31. The van der Waals surface area contributed by atoms with Gasteiger partial charge in [0.2, 0.25) is 0 Å². The molecule has 0 saturated heterocycles. The van der Waals surface area contributed by atoms with E-state index in [1.807, 2.05) is 31.2 Å². The standard InChI is InChI=1S/C12H9N3/c1-8-7-14-12-9-3-2-6-13-10(9)4-5-11(12)15-8/h2-7H,1H3. The molecule has 1 aromatic carbocycles. The quantitative estimate of drug-likeness (QED) is 0.517. The third-order valence-corrected chi connectivity index (χ3v) is 2.41. The maximum absolute atomic E-state index is 4.44. The van der Waals surface area contributed by atoms with Crippen LogP contribution >= 0.6 is 0 Å². The summed E-state index contributed by atoms with van der Waals surface area (Å²) in [6.45, 7) is 1.94. The van der Waals surface area contributed by atoms with Gasteiger partial charge in [0.1, 0.15) is 0 Å². The number of rotatable bonds is 0. The third-order valence-electron chi connectivity index (χ3n) is 2.41. The van der Waals surface area contributed by atoms with Gasteiger partial charge in [-0.25, -0.2) is 4.98 Å². The van der Waals surface area contributed by atoms with Gasteiger partial charge in [0.05, 0.1) is 22.2 Å². The topological polar surface area (TPSA) is 38.7 Å². The molecule has 3 heteroatoms. The monoisotopic (exact) mass is 195 g/mol. The van der Waals surface area contributed by atoms with Gasteiger partial charge in [0, 0.05) is 17.8 Å². The molecule has 0 radical (unpaired) electrons. The lowest BCUT2D eigenvalue weighted by Crippen LogP contribution is -1.88. The summed E-state index contributed by atoms with van der Waals surface area (Å²) in [4.78, 5) is 13.1. The van der Waals surface area contributed by atoms with Crippen molar-refractivity contribution in [2.24, 2.45) is 0 Å². The van der Waals surface area contributed by atoms with Gasteiger partial charge in [-0.3, -0.25) is 9.97 Å². The number of aryl methyl sites for hydroxylation is 1. The van der Waals surface area contributed by atoms with E-state index in [2.05, 4.69) is 15.0 Å². The summed E-state index contributed by atoms with van der Waals surface area (Å²) in [5.74, 6) is 0. The Kier molecular flexibility index (Phi) is 1.65. The van der Waals surface area contributed by atoms with E-state index in [-0.39, 0.29) is 0 Å². The zero-order chi connectivity index (χ0) is 10.3. The Morgan fingerprint density at radius 2 is 1.87 bits per heavy atom. The Bertz CT molecular complexity index is 646. The van der Waals surface area contributed by atoms with Crippen LogP contribution in [0.4, 0.5) is 0 Å². The van der Waals surface area contributed by atoms with Crippen molar-refractivity contribution in [3.63, 3.8) is 0 Å². The summed E-state index contributed by atoms with van der Waals surface area (Å²) >= 11 is 0. The molecule has 0 spiro atoms. The van der Waals surface area contributed by atoms with Crippen LogP contribution in [-0.2, 0) is 0 Å². The highest BCUT2D eigenvalue weighted by molar-refractivity contribution is 6.01. The van der Waals surface area contributed by atoms with Crippen LogP contribution in [0.15, 0.2) is 36.7 Å². The van der Waals surface area contributed by atoms with Crippen molar-refractivity contribution in [3.05, 3.63) is 42.4 Å². The van der Waals surface area contributed by atoms with Crippen LogP contribution < -0.4 is 0 Å². The maximum Gasteiger partial charge on any atom is 0.0980 e. The summed E-state index contributed by atoms with van der Waals surface area (Å²) in [5, 5.41) is 1.06. The Morgan fingerprint density at radius 3 is 2.80 bits per heavy atom. The molecular formula is C12H9N3. The maximum atomic E-state index is 4.44. The summed E-state index contributed by atoms with van der Waals surface area (Å²) in [6, 6.07) is 7.88. The van der Waals surface area contributed by atoms with E-state index >= 15 is 0 Å². The van der Waals surface area contributed by atoms with Gasteiger partial charge in [-0.15, -0.1) is 0 Å². The molecule has 2 aromatic heterocycles. The van der Waals surface area contributed by atoms with Crippen LogP contribution in [0.5, 0.6) is 0 Å². The van der Waals surface area contributed by atoms with E-state index in [0.717, 1.165) is 27.6 Å². The Balaban J connectivity index is 2.55. The minimum Gasteiger partial charge on any atom is -0.256 e. The highest BCUT2D eigenvalue weighted by Gasteiger charge is 2.02. The number of hydrogen-bond acceptors (Lipinski definition) is 3. The molecule has 3 aromatic rings. The number of nitrogens with zero attached hydrogens (tertiary/aromatic N) is 3. The smallest absolute Gasteiger partial charge is 0.0980 e. The van der Waals surface area contributed by atoms with Crippen LogP contribution in [0.2, 0.25) is 0 Å². The highest BCUT2D eigenvalue weighted by Crippen LogP contribution is 2.20. The second-order valence-electron chi connectivity index (χ2n) is 3.51. The fraction of sp³-hybridized carbons (Fsp3) is 0.0833. The molecule has 0 fully saturated rings. The van der Waals surface area contributed by atoms with Crippen molar-refractivity contribution in [2.75, 3.05) is 0 Å². The van der Waals surface area contributed by atoms with E-state index in [9.17, 15) is 0 Å². The van der Waals surface area contributed by atoms with Crippen molar-refractivity contribution < 1.29 is 0 Å². The minimum atomic E-state index is 0.922. The van der Waals surface area contributed by atoms with Crippen molar-refractivity contribution in [1.29, 1.82) is 0 Å². The predicted octanol–water partition coefficient (Wildman–Crippen LogP) is 2.49. The van der Waals surface area contributed by atoms with Gasteiger partial charge < -0.3 is 0 Å². The van der Waals surface area contributed by atoms with E-state index in [4.69, 9.17) is 0 Å². The SMILES string of the molecule is Cc1cnc2c(ccc3ncccc32)n1. The number of hydrogen-bond donors (Lipinski definition) is 0. The van der Waals surface area contributed by atoms with Gasteiger partial charge in [-0.2, -0.15) is 0 Å². The molecule has 0 saturated carbocycles. The molecule has 15 heavy (non-hydrogen) atoms. The summed E-state index contributed by atoms with van der Waals surface area (Å²) in [7, 11) is 0. The van der Waals surface area contributed by atoms with E-state index < -0.39 is 0 Å². The van der Waals surface area contributed by atoms with E-state index in [1.54, 1.807) is 12.4 Å². The fourth-order valence-corrected chi connectivity index (χ4v) is 1.73. The number of aromatic nitrogens is 3. The lowest BCUT2D eigenvalue weighted by Gasteiger charge is -2.01. The summed E-state index contributed by atoms with van der Waals surface area (Å²) < 4.78 is 0. The van der Waals surface area contributed by atoms with Crippen LogP contribution in [-0.4, -0.2) is 15.0 Å². The summed E-state index contributed by atoms with van der Waals surface area (Å²) in [6.07, 6.45) is 3.57. The predicted molar refractivity (Wildman–Crippen MR) is 59.6 cm³/mol. The molecule has 0 N–H and O–H groups in total. The number of pyridine rings is 1. The molecule has 0 unspecified atom stereocenters. The van der Waals surface area contributed by atoms with E-state index in [0.29, 0.717) is 0 Å². The fourth-order valence-electron chi connectivity index (χ4n) is 1.73. The third kappa shape index (κ3) is 1.24. The Morgan fingerprint density at radius 1 is 1.00 bits per heavy atom. The Hall–Kier alpha value is -2.03. The number of benzene rings is 1. The minimum absolute atomic E-state index is 0.922. The number of fused-ring (bicyclic) bond motifs is 3. The van der Waals surface area contributed by atoms with Crippen LogP contribution in [0.25, 0.3) is 21.9 Å². The van der Waals surface area contributed by atoms with Gasteiger partial charge in [0.15, 0.2) is 0 Å². The average molecular weight is 195 g/mol. The molecule has 0 atom stereocenters. The first-order valence-corrected chi connectivity index (χ1v) is 4.82. The van der Waals surface area contributed by atoms with Crippen molar-refractivity contribution in [1.82, 2.24) is 15.0 Å². The average Bonchev–Trinajstić information content (AvgIpc) is 2.28. The second kappa shape index (κ2) is 2.98. The van der Waals surface area contributed by atoms with E-state index in [1.165, 1.54) is 0 Å². The lowest BCUT2D eigenvalue weighted by molar-refractivity contribution is 1.19. The van der Waals surface area contributed by atoms with Gasteiger partial charge in [-0.05, 0) is 31.2 Å². The molecular weight excluding hydrogens is 186 g/mol. The van der Waals surface area contributed by atoms with Crippen LogP contribution in [0.3, 0.4) is 0 Å². The lowest BCUT2D eigenvalue weighted by atomic mass is 10.2. The molecule has 0 aliphatic carbocycles. The molecule has 0 aliphatic rings. The second-order valence-corrected chi connectivity index (χ2v) is 3.51. The molecule has 72 valence electrons. The van der Waals surface area contributed by atoms with Crippen LogP contribution in [0, 0.1) is 6.92 Å². The largest absolute Gasteiger partial charge is 0.256 e. The molecule has 2 heterocycles. The first kappa shape index (κ1) is 8.29. The Labute approximate surface area is 86.8 Å². The summed E-state index contributed by atoms with van der Waals surface area (Å²) in [5.41, 5.74) is 3.75.